The zero-order chi connectivity index (χ0) is 15.1. The minimum atomic E-state index is 0. The molecule has 1 saturated heterocycles. The minimum Gasteiger partial charge on any atom is -0.370 e. The third kappa shape index (κ3) is 6.34. The molecule has 22 heavy (non-hydrogen) atoms. The first-order valence-electron chi connectivity index (χ1n) is 7.26. The molecule has 0 bridgehead atoms. The molecule has 1 aliphatic heterocycles. The van der Waals surface area contributed by atoms with Crippen LogP contribution < -0.4 is 11.1 Å². The van der Waals surface area contributed by atoms with E-state index in [9.17, 15) is 0 Å². The lowest BCUT2D eigenvalue weighted by molar-refractivity contribution is 0.429. The van der Waals surface area contributed by atoms with Crippen molar-refractivity contribution >= 4 is 59.0 Å². The number of guanidine groups is 1. The zero-order valence-electron chi connectivity index (χ0n) is 12.4. The van der Waals surface area contributed by atoms with E-state index in [4.69, 9.17) is 28.9 Å². The predicted octanol–water partition coefficient (Wildman–Crippen LogP) is 3.61. The van der Waals surface area contributed by atoms with Gasteiger partial charge in [-0.15, -0.1) is 24.0 Å². The molecule has 0 aromatic carbocycles. The average molecular weight is 458 g/mol. The molecule has 8 heteroatoms. The smallest absolute Gasteiger partial charge is 0.191 e. The standard InChI is InChI=1S/C14H21Cl2N5.HI/c15-11-9-12(16)13(20-10-11)18-5-6-19-14(17)21-7-3-1-2-4-8-21;/h9-10H,1-8H2,(H2,17,19)(H,18,20);1H. The van der Waals surface area contributed by atoms with Gasteiger partial charge in [-0.3, -0.25) is 4.99 Å². The summed E-state index contributed by atoms with van der Waals surface area (Å²) < 4.78 is 0. The van der Waals surface area contributed by atoms with Gasteiger partial charge in [-0.25, -0.2) is 4.98 Å². The van der Waals surface area contributed by atoms with Crippen LogP contribution in [-0.4, -0.2) is 42.0 Å². The maximum atomic E-state index is 6.04. The second-order valence-corrected chi connectivity index (χ2v) is 5.90. The van der Waals surface area contributed by atoms with E-state index < -0.39 is 0 Å². The van der Waals surface area contributed by atoms with E-state index in [1.807, 2.05) is 0 Å². The molecular weight excluding hydrogens is 436 g/mol. The second kappa shape index (κ2) is 10.3. The fourth-order valence-corrected chi connectivity index (χ4v) is 2.74. The molecular formula is C14H22Cl2IN5. The number of nitrogens with one attached hydrogen (secondary N) is 1. The van der Waals surface area contributed by atoms with Crippen molar-refractivity contribution in [1.82, 2.24) is 9.88 Å². The maximum absolute atomic E-state index is 6.04. The Labute approximate surface area is 158 Å². The highest BCUT2D eigenvalue weighted by atomic mass is 127. The van der Waals surface area contributed by atoms with Crippen LogP contribution in [0.3, 0.4) is 0 Å². The Bertz CT molecular complexity index is 490. The van der Waals surface area contributed by atoms with Crippen LogP contribution >= 0.6 is 47.2 Å². The summed E-state index contributed by atoms with van der Waals surface area (Å²) in [7, 11) is 0. The van der Waals surface area contributed by atoms with Crippen LogP contribution in [0.25, 0.3) is 0 Å². The SMILES string of the molecule is I.NC(=NCCNc1ncc(Cl)cc1Cl)N1CCCCCC1. The Morgan fingerprint density at radius 3 is 2.59 bits per heavy atom. The van der Waals surface area contributed by atoms with Crippen molar-refractivity contribution in [3.05, 3.63) is 22.3 Å². The lowest BCUT2D eigenvalue weighted by Gasteiger charge is -2.21. The Hall–Kier alpha value is -0.470. The molecule has 3 N–H and O–H groups in total. The van der Waals surface area contributed by atoms with Gasteiger partial charge in [0.05, 0.1) is 16.6 Å². The normalized spacial score (nSPS) is 15.9. The van der Waals surface area contributed by atoms with Crippen LogP contribution in [0.4, 0.5) is 5.82 Å². The summed E-state index contributed by atoms with van der Waals surface area (Å²) in [6.45, 7) is 3.23. The topological polar surface area (TPSA) is 66.5 Å². The number of aliphatic imine (C=N–C) groups is 1. The summed E-state index contributed by atoms with van der Waals surface area (Å²) in [6, 6.07) is 1.66. The van der Waals surface area contributed by atoms with Gasteiger partial charge in [0.25, 0.3) is 0 Å². The molecule has 0 radical (unpaired) electrons. The zero-order valence-corrected chi connectivity index (χ0v) is 16.2. The fraction of sp³-hybridized carbons (Fsp3) is 0.571. The van der Waals surface area contributed by atoms with Crippen LogP contribution in [0, 0.1) is 0 Å². The molecule has 0 atom stereocenters. The van der Waals surface area contributed by atoms with Gasteiger partial charge in [-0.1, -0.05) is 36.0 Å². The third-order valence-corrected chi connectivity index (χ3v) is 3.91. The highest BCUT2D eigenvalue weighted by Gasteiger charge is 2.10. The van der Waals surface area contributed by atoms with E-state index >= 15 is 0 Å². The molecule has 1 fully saturated rings. The van der Waals surface area contributed by atoms with Gasteiger partial charge in [0.2, 0.25) is 0 Å². The molecule has 0 spiro atoms. The number of hydrogen-bond acceptors (Lipinski definition) is 3. The highest BCUT2D eigenvalue weighted by Crippen LogP contribution is 2.22. The van der Waals surface area contributed by atoms with Gasteiger partial charge in [0.1, 0.15) is 5.82 Å². The van der Waals surface area contributed by atoms with Gasteiger partial charge in [-0.05, 0) is 18.9 Å². The Balaban J connectivity index is 0.00000242. The van der Waals surface area contributed by atoms with Crippen molar-refractivity contribution in [1.29, 1.82) is 0 Å². The van der Waals surface area contributed by atoms with Gasteiger partial charge in [0.15, 0.2) is 5.96 Å². The van der Waals surface area contributed by atoms with Gasteiger partial charge in [0, 0.05) is 25.8 Å². The minimum absolute atomic E-state index is 0. The highest BCUT2D eigenvalue weighted by molar-refractivity contribution is 14.0. The van der Waals surface area contributed by atoms with E-state index in [1.165, 1.54) is 25.7 Å². The molecule has 124 valence electrons. The van der Waals surface area contributed by atoms with Crippen molar-refractivity contribution in [3.63, 3.8) is 0 Å². The summed E-state index contributed by atoms with van der Waals surface area (Å²) in [5.41, 5.74) is 6.04. The average Bonchev–Trinajstić information content (AvgIpc) is 2.74. The van der Waals surface area contributed by atoms with E-state index in [-0.39, 0.29) is 24.0 Å². The molecule has 5 nitrogen and oxygen atoms in total. The summed E-state index contributed by atoms with van der Waals surface area (Å²) >= 11 is 11.8. The van der Waals surface area contributed by atoms with Crippen LogP contribution in [0.15, 0.2) is 17.3 Å². The number of aromatic nitrogens is 1. The molecule has 0 amide bonds. The number of hydrogen-bond donors (Lipinski definition) is 2. The molecule has 1 aromatic rings. The van der Waals surface area contributed by atoms with Gasteiger partial charge >= 0.3 is 0 Å². The summed E-state index contributed by atoms with van der Waals surface area (Å²) in [4.78, 5) is 10.7. The lowest BCUT2D eigenvalue weighted by Crippen LogP contribution is -2.38. The molecule has 2 rings (SSSR count). The monoisotopic (exact) mass is 457 g/mol. The first-order valence-corrected chi connectivity index (χ1v) is 8.02. The predicted molar refractivity (Wildman–Crippen MR) is 105 cm³/mol. The van der Waals surface area contributed by atoms with Crippen molar-refractivity contribution in [2.75, 3.05) is 31.5 Å². The Morgan fingerprint density at radius 2 is 1.95 bits per heavy atom. The van der Waals surface area contributed by atoms with Crippen molar-refractivity contribution in [3.8, 4) is 0 Å². The van der Waals surface area contributed by atoms with Gasteiger partial charge < -0.3 is 16.0 Å². The molecule has 0 unspecified atom stereocenters. The molecule has 0 saturated carbocycles. The quantitative estimate of drug-likeness (QED) is 0.313. The number of anilines is 1. The summed E-state index contributed by atoms with van der Waals surface area (Å²) in [6.07, 6.45) is 6.51. The number of rotatable bonds is 4. The van der Waals surface area contributed by atoms with E-state index in [0.717, 1.165) is 13.1 Å². The lowest BCUT2D eigenvalue weighted by atomic mass is 10.2. The van der Waals surface area contributed by atoms with Crippen LogP contribution in [0.1, 0.15) is 25.7 Å². The number of likely N-dealkylation sites (tertiary alicyclic amines) is 1. The van der Waals surface area contributed by atoms with E-state index in [1.54, 1.807) is 12.3 Å². The third-order valence-electron chi connectivity index (χ3n) is 3.42. The van der Waals surface area contributed by atoms with Crippen LogP contribution in [0.5, 0.6) is 0 Å². The number of nitrogens with zero attached hydrogens (tertiary/aromatic N) is 3. The fourth-order valence-electron chi connectivity index (χ4n) is 2.29. The summed E-state index contributed by atoms with van der Waals surface area (Å²) in [5, 5.41) is 4.16. The Morgan fingerprint density at radius 1 is 1.27 bits per heavy atom. The van der Waals surface area contributed by atoms with Crippen molar-refractivity contribution in [2.24, 2.45) is 10.7 Å². The summed E-state index contributed by atoms with van der Waals surface area (Å²) in [5.74, 6) is 1.25. The number of halogens is 3. The molecule has 0 aliphatic carbocycles. The number of nitrogens with two attached hydrogens (primary N) is 1. The van der Waals surface area contributed by atoms with Crippen LogP contribution in [-0.2, 0) is 0 Å². The maximum Gasteiger partial charge on any atom is 0.191 e. The van der Waals surface area contributed by atoms with Gasteiger partial charge in [-0.2, -0.15) is 0 Å². The second-order valence-electron chi connectivity index (χ2n) is 5.05. The molecule has 1 aliphatic rings. The first kappa shape index (κ1) is 19.6. The number of pyridine rings is 1. The molecule has 2 heterocycles. The van der Waals surface area contributed by atoms with Crippen LogP contribution in [0.2, 0.25) is 10.0 Å². The van der Waals surface area contributed by atoms with Crippen molar-refractivity contribution < 1.29 is 0 Å². The largest absolute Gasteiger partial charge is 0.370 e. The van der Waals surface area contributed by atoms with E-state index in [2.05, 4.69) is 20.2 Å². The molecule has 1 aromatic heterocycles. The first-order chi connectivity index (χ1) is 10.2. The van der Waals surface area contributed by atoms with Crippen molar-refractivity contribution in [2.45, 2.75) is 25.7 Å². The van der Waals surface area contributed by atoms with E-state index in [0.29, 0.717) is 34.9 Å². The Kier molecular flexibility index (Phi) is 9.19.